The highest BCUT2D eigenvalue weighted by Crippen LogP contribution is 2.49. The van der Waals surface area contributed by atoms with E-state index in [-0.39, 0.29) is 11.8 Å². The number of para-hydroxylation sites is 1. The van der Waals surface area contributed by atoms with E-state index in [4.69, 9.17) is 9.47 Å². The lowest BCUT2D eigenvalue weighted by atomic mass is 9.92. The van der Waals surface area contributed by atoms with Crippen LogP contribution in [-0.4, -0.2) is 36.5 Å². The summed E-state index contributed by atoms with van der Waals surface area (Å²) in [6.45, 7) is 3.35. The second-order valence-electron chi connectivity index (χ2n) is 6.83. The molecule has 2 amide bonds. The SMILES string of the molecule is CCCN1C(=O)c2ccccc2N[C@]12C(=O)Nc1cc3c(cc12)OCCO3. The normalized spacial score (nSPS) is 22.2. The van der Waals surface area contributed by atoms with E-state index < -0.39 is 5.66 Å². The molecule has 3 heterocycles. The minimum Gasteiger partial charge on any atom is -0.486 e. The van der Waals surface area contributed by atoms with E-state index in [1.165, 1.54) is 0 Å². The molecule has 5 rings (SSSR count). The number of fused-ring (bicyclic) bond motifs is 4. The number of rotatable bonds is 2. The van der Waals surface area contributed by atoms with Gasteiger partial charge in [0.15, 0.2) is 11.5 Å². The maximum absolute atomic E-state index is 13.3. The highest BCUT2D eigenvalue weighted by Gasteiger charge is 2.56. The molecule has 0 unspecified atom stereocenters. The van der Waals surface area contributed by atoms with Crippen LogP contribution in [-0.2, 0) is 10.5 Å². The Balaban J connectivity index is 1.73. The van der Waals surface area contributed by atoms with Gasteiger partial charge < -0.3 is 25.0 Å². The van der Waals surface area contributed by atoms with Crippen LogP contribution in [0.4, 0.5) is 11.4 Å². The number of anilines is 2. The smallest absolute Gasteiger partial charge is 0.276 e. The molecule has 2 aromatic carbocycles. The standard InChI is InChI=1S/C20H19N3O4/c1-2-7-23-18(24)12-5-3-4-6-14(12)22-20(23)13-10-16-17(27-9-8-26-16)11-15(13)21-19(20)25/h3-6,10-11,22H,2,7-9H2,1H3,(H,21,25)/t20-/m0/s1. The molecule has 138 valence electrons. The van der Waals surface area contributed by atoms with Gasteiger partial charge in [-0.25, -0.2) is 0 Å². The molecule has 0 aliphatic carbocycles. The molecule has 7 nitrogen and oxygen atoms in total. The van der Waals surface area contributed by atoms with Gasteiger partial charge in [-0.15, -0.1) is 0 Å². The van der Waals surface area contributed by atoms with Gasteiger partial charge in [0.05, 0.1) is 11.3 Å². The van der Waals surface area contributed by atoms with Crippen molar-refractivity contribution in [3.05, 3.63) is 47.5 Å². The third-order valence-corrected chi connectivity index (χ3v) is 5.22. The van der Waals surface area contributed by atoms with Crippen molar-refractivity contribution in [3.63, 3.8) is 0 Å². The van der Waals surface area contributed by atoms with Crippen LogP contribution in [0.5, 0.6) is 11.5 Å². The summed E-state index contributed by atoms with van der Waals surface area (Å²) in [6, 6.07) is 10.8. The lowest BCUT2D eigenvalue weighted by Gasteiger charge is -2.44. The van der Waals surface area contributed by atoms with Crippen molar-refractivity contribution in [3.8, 4) is 11.5 Å². The topological polar surface area (TPSA) is 79.9 Å². The first-order valence-electron chi connectivity index (χ1n) is 9.10. The lowest BCUT2D eigenvalue weighted by molar-refractivity contribution is -0.125. The van der Waals surface area contributed by atoms with Crippen LogP contribution in [0.25, 0.3) is 0 Å². The molecular weight excluding hydrogens is 346 g/mol. The van der Waals surface area contributed by atoms with Crippen LogP contribution in [0, 0.1) is 0 Å². The molecule has 0 aromatic heterocycles. The van der Waals surface area contributed by atoms with E-state index in [1.54, 1.807) is 23.1 Å². The first-order valence-corrected chi connectivity index (χ1v) is 9.10. The predicted molar refractivity (Wildman–Crippen MR) is 99.1 cm³/mol. The number of hydrogen-bond donors (Lipinski definition) is 2. The average molecular weight is 365 g/mol. The molecule has 0 radical (unpaired) electrons. The summed E-state index contributed by atoms with van der Waals surface area (Å²) in [6.07, 6.45) is 0.727. The Kier molecular flexibility index (Phi) is 3.34. The summed E-state index contributed by atoms with van der Waals surface area (Å²) < 4.78 is 11.3. The summed E-state index contributed by atoms with van der Waals surface area (Å²) in [4.78, 5) is 28.1. The third-order valence-electron chi connectivity index (χ3n) is 5.22. The number of carbonyl (C=O) groups excluding carboxylic acids is 2. The van der Waals surface area contributed by atoms with Crippen LogP contribution in [0.2, 0.25) is 0 Å². The molecule has 0 saturated heterocycles. The maximum atomic E-state index is 13.3. The molecule has 3 aliphatic rings. The van der Waals surface area contributed by atoms with Crippen molar-refractivity contribution in [1.29, 1.82) is 0 Å². The molecular formula is C20H19N3O4. The largest absolute Gasteiger partial charge is 0.486 e. The molecule has 7 heteroatoms. The molecule has 2 N–H and O–H groups in total. The van der Waals surface area contributed by atoms with Crippen molar-refractivity contribution in [2.75, 3.05) is 30.4 Å². The highest BCUT2D eigenvalue weighted by molar-refractivity contribution is 6.14. The minimum absolute atomic E-state index is 0.163. The predicted octanol–water partition coefficient (Wildman–Crippen LogP) is 2.54. The summed E-state index contributed by atoms with van der Waals surface area (Å²) in [5.41, 5.74) is 1.22. The molecule has 0 saturated carbocycles. The molecule has 0 fully saturated rings. The molecule has 1 spiro atoms. The summed E-state index contributed by atoms with van der Waals surface area (Å²) >= 11 is 0. The summed E-state index contributed by atoms with van der Waals surface area (Å²) in [5, 5.41) is 6.26. The fourth-order valence-corrected chi connectivity index (χ4v) is 4.05. The molecule has 27 heavy (non-hydrogen) atoms. The van der Waals surface area contributed by atoms with Gasteiger partial charge in [-0.2, -0.15) is 0 Å². The summed E-state index contributed by atoms with van der Waals surface area (Å²) in [5.74, 6) is 0.739. The first kappa shape index (κ1) is 16.0. The lowest BCUT2D eigenvalue weighted by Crippen LogP contribution is -2.61. The highest BCUT2D eigenvalue weighted by atomic mass is 16.6. The molecule has 1 atom stereocenters. The van der Waals surface area contributed by atoms with Gasteiger partial charge in [0.25, 0.3) is 11.8 Å². The molecule has 2 aromatic rings. The Morgan fingerprint density at radius 1 is 1.07 bits per heavy atom. The number of amides is 2. The van der Waals surface area contributed by atoms with E-state index >= 15 is 0 Å². The van der Waals surface area contributed by atoms with Gasteiger partial charge >= 0.3 is 0 Å². The number of nitrogens with one attached hydrogen (secondary N) is 2. The van der Waals surface area contributed by atoms with Gasteiger partial charge in [0, 0.05) is 23.9 Å². The Morgan fingerprint density at radius 3 is 2.59 bits per heavy atom. The zero-order valence-electron chi connectivity index (χ0n) is 14.9. The number of ether oxygens (including phenoxy) is 2. The Morgan fingerprint density at radius 2 is 1.81 bits per heavy atom. The maximum Gasteiger partial charge on any atom is 0.276 e. The molecule has 0 bridgehead atoms. The Bertz CT molecular complexity index is 974. The van der Waals surface area contributed by atoms with Gasteiger partial charge in [-0.05, 0) is 24.6 Å². The van der Waals surface area contributed by atoms with Crippen molar-refractivity contribution in [2.24, 2.45) is 0 Å². The van der Waals surface area contributed by atoms with Gasteiger partial charge in [-0.1, -0.05) is 19.1 Å². The second-order valence-corrected chi connectivity index (χ2v) is 6.83. The van der Waals surface area contributed by atoms with E-state index in [0.29, 0.717) is 53.8 Å². The van der Waals surface area contributed by atoms with Crippen LogP contribution in [0.3, 0.4) is 0 Å². The first-order chi connectivity index (χ1) is 13.1. The van der Waals surface area contributed by atoms with Gasteiger partial charge in [-0.3, -0.25) is 9.59 Å². The average Bonchev–Trinajstić information content (AvgIpc) is 2.94. The van der Waals surface area contributed by atoms with E-state index in [1.807, 2.05) is 25.1 Å². The zero-order valence-corrected chi connectivity index (χ0v) is 14.9. The third kappa shape index (κ3) is 2.08. The van der Waals surface area contributed by atoms with Crippen LogP contribution >= 0.6 is 0 Å². The monoisotopic (exact) mass is 365 g/mol. The van der Waals surface area contributed by atoms with Crippen LogP contribution in [0.15, 0.2) is 36.4 Å². The Labute approximate surface area is 156 Å². The Hall–Kier alpha value is -3.22. The molecule has 3 aliphatic heterocycles. The van der Waals surface area contributed by atoms with E-state index in [0.717, 1.165) is 6.42 Å². The number of carbonyl (C=O) groups is 2. The van der Waals surface area contributed by atoms with Crippen molar-refractivity contribution in [2.45, 2.75) is 19.0 Å². The van der Waals surface area contributed by atoms with E-state index in [9.17, 15) is 9.59 Å². The fourth-order valence-electron chi connectivity index (χ4n) is 4.05. The fraction of sp³-hybridized carbons (Fsp3) is 0.300. The number of nitrogens with zero attached hydrogens (tertiary/aromatic N) is 1. The number of benzene rings is 2. The minimum atomic E-state index is -1.30. The van der Waals surface area contributed by atoms with Crippen molar-refractivity contribution in [1.82, 2.24) is 4.90 Å². The second kappa shape index (κ2) is 5.64. The van der Waals surface area contributed by atoms with Gasteiger partial charge in [0.2, 0.25) is 5.66 Å². The van der Waals surface area contributed by atoms with Crippen LogP contribution < -0.4 is 20.1 Å². The van der Waals surface area contributed by atoms with E-state index in [2.05, 4.69) is 10.6 Å². The van der Waals surface area contributed by atoms with Gasteiger partial charge in [0.1, 0.15) is 13.2 Å². The van der Waals surface area contributed by atoms with Crippen molar-refractivity contribution < 1.29 is 19.1 Å². The zero-order chi connectivity index (χ0) is 18.6. The quantitative estimate of drug-likeness (QED) is 0.855. The van der Waals surface area contributed by atoms with Crippen molar-refractivity contribution >= 4 is 23.2 Å². The summed E-state index contributed by atoms with van der Waals surface area (Å²) in [7, 11) is 0. The van der Waals surface area contributed by atoms with Crippen LogP contribution in [0.1, 0.15) is 29.3 Å². The number of hydrogen-bond acceptors (Lipinski definition) is 5.